The molecule has 2 aromatic rings. The number of fused-ring (bicyclic) bond motifs is 1. The topological polar surface area (TPSA) is 103 Å². The molecule has 0 radical (unpaired) electrons. The molecule has 1 aliphatic rings. The Morgan fingerprint density at radius 3 is 2.79 bits per heavy atom. The molecule has 2 heterocycles. The highest BCUT2D eigenvalue weighted by atomic mass is 127. The second kappa shape index (κ2) is 8.08. The molecule has 7 nitrogen and oxygen atoms in total. The third-order valence-corrected chi connectivity index (χ3v) is 5.46. The van der Waals surface area contributed by atoms with E-state index in [-0.39, 0.29) is 47.2 Å². The van der Waals surface area contributed by atoms with Crippen LogP contribution >= 0.6 is 34.2 Å². The summed E-state index contributed by atoms with van der Waals surface area (Å²) in [6.07, 6.45) is 0.259. The summed E-state index contributed by atoms with van der Waals surface area (Å²) in [6.45, 7) is 1.87. The Hall–Kier alpha value is -2.14. The average molecular weight is 520 g/mol. The van der Waals surface area contributed by atoms with Gasteiger partial charge in [-0.2, -0.15) is 0 Å². The Labute approximate surface area is 178 Å². The van der Waals surface area contributed by atoms with Crippen LogP contribution in [-0.4, -0.2) is 23.1 Å². The average Bonchev–Trinajstić information content (AvgIpc) is 3.06. The maximum atomic E-state index is 14.3. The number of nitrogens with two attached hydrogens (primary N) is 1. The molecular weight excluding hydrogens is 504 g/mol. The minimum absolute atomic E-state index is 0.0193. The smallest absolute Gasteiger partial charge is 0.342 e. The number of hydrogen-bond acceptors (Lipinski definition) is 5. The lowest BCUT2D eigenvalue weighted by Gasteiger charge is -2.19. The maximum absolute atomic E-state index is 14.3. The molecule has 1 aromatic carbocycles. The number of carbonyl (C=O) groups is 2. The molecule has 1 aromatic heterocycles. The van der Waals surface area contributed by atoms with Gasteiger partial charge in [0.25, 0.3) is 5.56 Å². The van der Waals surface area contributed by atoms with E-state index in [1.807, 2.05) is 22.6 Å². The zero-order valence-corrected chi connectivity index (χ0v) is 17.6. The van der Waals surface area contributed by atoms with Crippen molar-refractivity contribution in [2.75, 3.05) is 11.9 Å². The summed E-state index contributed by atoms with van der Waals surface area (Å²) in [6, 6.07) is 4.39. The Bertz CT molecular complexity index is 1040. The van der Waals surface area contributed by atoms with Gasteiger partial charge < -0.3 is 20.4 Å². The van der Waals surface area contributed by atoms with Gasteiger partial charge in [-0.25, -0.2) is 9.18 Å². The Morgan fingerprint density at radius 2 is 2.18 bits per heavy atom. The van der Waals surface area contributed by atoms with Gasteiger partial charge in [0.15, 0.2) is 0 Å². The van der Waals surface area contributed by atoms with Crippen molar-refractivity contribution in [1.82, 2.24) is 4.57 Å². The van der Waals surface area contributed by atoms with Gasteiger partial charge in [0.1, 0.15) is 16.4 Å². The quantitative estimate of drug-likeness (QED) is 0.467. The van der Waals surface area contributed by atoms with Crippen LogP contribution in [0.2, 0.25) is 5.02 Å². The zero-order valence-electron chi connectivity index (χ0n) is 14.7. The molecule has 1 atom stereocenters. The number of primary amides is 1. The number of hydrogen-bond donors (Lipinski definition) is 2. The van der Waals surface area contributed by atoms with Crippen LogP contribution in [0.5, 0.6) is 0 Å². The van der Waals surface area contributed by atoms with Gasteiger partial charge in [0, 0.05) is 10.1 Å². The highest BCUT2D eigenvalue weighted by Gasteiger charge is 2.37. The Morgan fingerprint density at radius 1 is 1.46 bits per heavy atom. The predicted molar refractivity (Wildman–Crippen MR) is 111 cm³/mol. The minimum atomic E-state index is -0.855. The molecular formula is C18H16ClFIN3O4. The predicted octanol–water partition coefficient (Wildman–Crippen LogP) is 3.14. The number of carbonyl (C=O) groups excluding carboxylic acids is 2. The van der Waals surface area contributed by atoms with Crippen LogP contribution < -0.4 is 16.6 Å². The van der Waals surface area contributed by atoms with Crippen molar-refractivity contribution in [3.8, 4) is 0 Å². The van der Waals surface area contributed by atoms with E-state index in [2.05, 4.69) is 5.32 Å². The zero-order chi connectivity index (χ0) is 20.6. The van der Waals surface area contributed by atoms with E-state index >= 15 is 0 Å². The van der Waals surface area contributed by atoms with Crippen molar-refractivity contribution in [3.63, 3.8) is 0 Å². The van der Waals surface area contributed by atoms with Gasteiger partial charge in [-0.15, -0.1) is 0 Å². The number of halogens is 3. The van der Waals surface area contributed by atoms with Crippen molar-refractivity contribution in [2.24, 2.45) is 5.73 Å². The summed E-state index contributed by atoms with van der Waals surface area (Å²) in [5.41, 5.74) is 4.82. The normalized spacial score (nSPS) is 15.2. The molecule has 1 amide bonds. The highest BCUT2D eigenvalue weighted by Crippen LogP contribution is 2.38. The van der Waals surface area contributed by atoms with Gasteiger partial charge in [0.05, 0.1) is 29.6 Å². The second-order valence-electron chi connectivity index (χ2n) is 6.12. The molecule has 0 aliphatic carbocycles. The summed E-state index contributed by atoms with van der Waals surface area (Å²) < 4.78 is 21.4. The van der Waals surface area contributed by atoms with E-state index in [4.69, 9.17) is 22.1 Å². The fourth-order valence-electron chi connectivity index (χ4n) is 3.22. The maximum Gasteiger partial charge on any atom is 0.342 e. The fourth-order valence-corrected chi connectivity index (χ4v) is 3.91. The molecule has 148 valence electrons. The molecule has 0 saturated carbocycles. The van der Waals surface area contributed by atoms with Gasteiger partial charge >= 0.3 is 5.97 Å². The largest absolute Gasteiger partial charge is 0.462 e. The van der Waals surface area contributed by atoms with Crippen molar-refractivity contribution < 1.29 is 18.7 Å². The summed E-state index contributed by atoms with van der Waals surface area (Å²) in [7, 11) is 0. The van der Waals surface area contributed by atoms with Crippen LogP contribution in [0.4, 0.5) is 15.8 Å². The van der Waals surface area contributed by atoms with Crippen LogP contribution in [0.25, 0.3) is 0 Å². The molecule has 0 bridgehead atoms. The van der Waals surface area contributed by atoms with Crippen molar-refractivity contribution in [2.45, 2.75) is 25.8 Å². The lowest BCUT2D eigenvalue weighted by atomic mass is 9.98. The summed E-state index contributed by atoms with van der Waals surface area (Å²) in [4.78, 5) is 37.3. The monoisotopic (exact) mass is 519 g/mol. The first-order chi connectivity index (χ1) is 13.3. The second-order valence-corrected chi connectivity index (χ2v) is 7.74. The van der Waals surface area contributed by atoms with Crippen LogP contribution in [-0.2, 0) is 16.1 Å². The standard InChI is InChI=1S/C18H16ClFIN3O4/c1-2-28-18(27)12-14(23-11-4-3-8(21)7-10(11)20)13(19)17(26)24-6-5-9(15(12)24)16(22)25/h3-4,7,9,23H,2,5-6H2,1H3,(H2,22,25). The number of nitrogens with zero attached hydrogens (tertiary/aromatic N) is 1. The molecule has 1 unspecified atom stereocenters. The van der Waals surface area contributed by atoms with E-state index in [0.29, 0.717) is 3.57 Å². The van der Waals surface area contributed by atoms with Crippen LogP contribution in [0, 0.1) is 9.39 Å². The van der Waals surface area contributed by atoms with Crippen LogP contribution in [0.15, 0.2) is 23.0 Å². The fraction of sp³-hybridized carbons (Fsp3) is 0.278. The van der Waals surface area contributed by atoms with E-state index in [1.165, 1.54) is 16.7 Å². The number of aromatic nitrogens is 1. The number of anilines is 2. The molecule has 3 rings (SSSR count). The summed E-state index contributed by atoms with van der Waals surface area (Å²) in [5, 5.41) is 2.43. The Kier molecular flexibility index (Phi) is 5.94. The van der Waals surface area contributed by atoms with Crippen LogP contribution in [0.1, 0.15) is 35.3 Å². The molecule has 0 fully saturated rings. The van der Waals surface area contributed by atoms with Crippen molar-refractivity contribution >= 4 is 57.4 Å². The summed E-state index contributed by atoms with van der Waals surface area (Å²) >= 11 is 8.20. The number of pyridine rings is 1. The minimum Gasteiger partial charge on any atom is -0.462 e. The van der Waals surface area contributed by atoms with E-state index in [9.17, 15) is 18.8 Å². The van der Waals surface area contributed by atoms with E-state index < -0.39 is 29.2 Å². The lowest BCUT2D eigenvalue weighted by molar-refractivity contribution is -0.119. The molecule has 3 N–H and O–H groups in total. The Balaban J connectivity index is 2.27. The van der Waals surface area contributed by atoms with Crippen LogP contribution in [0.3, 0.4) is 0 Å². The first-order valence-electron chi connectivity index (χ1n) is 8.40. The molecule has 1 aliphatic heterocycles. The third-order valence-electron chi connectivity index (χ3n) is 4.43. The number of amides is 1. The molecule has 10 heteroatoms. The van der Waals surface area contributed by atoms with Crippen molar-refractivity contribution in [1.29, 1.82) is 0 Å². The van der Waals surface area contributed by atoms with E-state index in [0.717, 1.165) is 0 Å². The number of nitrogens with one attached hydrogen (secondary N) is 1. The molecule has 0 spiro atoms. The third kappa shape index (κ3) is 3.60. The van der Waals surface area contributed by atoms with E-state index in [1.54, 1.807) is 13.0 Å². The number of ether oxygens (including phenoxy) is 1. The highest BCUT2D eigenvalue weighted by molar-refractivity contribution is 14.1. The number of benzene rings is 1. The van der Waals surface area contributed by atoms with Gasteiger partial charge in [-0.1, -0.05) is 11.6 Å². The molecule has 0 saturated heterocycles. The van der Waals surface area contributed by atoms with Gasteiger partial charge in [0.2, 0.25) is 5.91 Å². The first-order valence-corrected chi connectivity index (χ1v) is 9.86. The molecule has 28 heavy (non-hydrogen) atoms. The number of esters is 1. The first kappa shape index (κ1) is 20.6. The number of rotatable bonds is 5. The lowest BCUT2D eigenvalue weighted by Crippen LogP contribution is -2.29. The van der Waals surface area contributed by atoms with Gasteiger partial charge in [-0.05, 0) is 54.1 Å². The summed E-state index contributed by atoms with van der Waals surface area (Å²) in [5.74, 6) is -2.91. The van der Waals surface area contributed by atoms with Gasteiger partial charge in [-0.3, -0.25) is 9.59 Å². The van der Waals surface area contributed by atoms with Crippen molar-refractivity contribution in [3.05, 3.63) is 54.2 Å². The SMILES string of the molecule is CCOC(=O)c1c(Nc2ccc(I)cc2F)c(Cl)c(=O)n2c1C(C(N)=O)CC2.